The summed E-state index contributed by atoms with van der Waals surface area (Å²) in [5.41, 5.74) is 0. The summed E-state index contributed by atoms with van der Waals surface area (Å²) >= 11 is 0. The molecule has 0 aliphatic carbocycles. The zero-order valence-corrected chi connectivity index (χ0v) is 1.71. The van der Waals surface area contributed by atoms with E-state index in [1.165, 1.54) is 0 Å². The largest absolute Gasteiger partial charge is 0.328 e. The van der Waals surface area contributed by atoms with Gasteiger partial charge in [-0.05, 0) is 0 Å². The van der Waals surface area contributed by atoms with Crippen LogP contribution in [0, 0.1) is 10.1 Å². The molecule has 0 amide bonds. The van der Waals surface area contributed by atoms with Crippen LogP contribution in [0.2, 0.25) is 0 Å². The Kier molecular flexibility index (Phi) is 0.524. The summed E-state index contributed by atoms with van der Waals surface area (Å²) in [5, 5.41) is 13.6. The second kappa shape index (κ2) is 0.655. The minimum Gasteiger partial charge on any atom is -0.328 e. The Hall–Kier alpha value is -0.800. The van der Waals surface area contributed by atoms with Crippen molar-refractivity contribution >= 4 is 0 Å². The highest BCUT2D eigenvalue weighted by Gasteiger charge is 1.65. The van der Waals surface area contributed by atoms with Gasteiger partial charge in [-0.1, -0.05) is 0 Å². The van der Waals surface area contributed by atoms with Gasteiger partial charge in [0.1, 0.15) is 0 Å². The van der Waals surface area contributed by atoms with E-state index in [2.05, 4.69) is 0 Å². The van der Waals surface area contributed by atoms with Gasteiger partial charge in [-0.3, -0.25) is 0 Å². The summed E-state index contributed by atoms with van der Waals surface area (Å²) in [6.45, 7) is 0. The second-order valence-electron chi connectivity index (χ2n) is 0.238. The molecule has 0 saturated heterocycles. The maximum atomic E-state index is 8.36. The van der Waals surface area contributed by atoms with Gasteiger partial charge in [0.25, 0.3) is 5.09 Å². The van der Waals surface area contributed by atoms with Crippen LogP contribution in [0.15, 0.2) is 0 Å². The fourth-order valence-corrected chi connectivity index (χ4v) is 0. The predicted octanol–water partition coefficient (Wildman–Crippen LogP) is -0.348. The first-order valence-corrected chi connectivity index (χ1v) is 0.565. The van der Waals surface area contributed by atoms with Crippen LogP contribution < -0.4 is 0 Å². The minimum atomic E-state index is -1.50. The second-order valence-corrected chi connectivity index (χ2v) is 0.238. The maximum absolute atomic E-state index is 8.36. The molecule has 0 fully saturated rings. The summed E-state index contributed by atoms with van der Waals surface area (Å²) in [7, 11) is 0. The van der Waals surface area contributed by atoms with Gasteiger partial charge in [-0.15, -0.1) is 10.1 Å². The number of hydrogen-bond donors (Lipinski definition) is 1. The highest BCUT2D eigenvalue weighted by atomic mass is 18.4. The van der Waals surface area contributed by atoms with Crippen LogP contribution >= 0.6 is 0 Å². The molecule has 0 bridgehead atoms. The van der Waals surface area contributed by atoms with E-state index in [1.807, 2.05) is 0 Å². The van der Waals surface area contributed by atoms with E-state index >= 15 is 0 Å². The summed E-state index contributed by atoms with van der Waals surface area (Å²) in [6.07, 6.45) is 0. The van der Waals surface area contributed by atoms with Crippen molar-refractivity contribution < 1.29 is 10.3 Å². The van der Waals surface area contributed by atoms with Gasteiger partial charge in [-0.25, -0.2) is 0 Å². The van der Waals surface area contributed by atoms with Gasteiger partial charge in [-0.2, -0.15) is 0 Å². The van der Waals surface area contributed by atoms with Crippen LogP contribution in [0.1, 0.15) is 0 Å². The quantitative estimate of drug-likeness (QED) is 0.182. The van der Waals surface area contributed by atoms with E-state index < -0.39 is 5.09 Å². The lowest BCUT2D eigenvalue weighted by Crippen LogP contribution is -1.81. The molecule has 0 aromatic carbocycles. The topological polar surface area (TPSA) is 63.4 Å². The lowest BCUT2D eigenvalue weighted by molar-refractivity contribution is -0.742. The molecule has 4 nitrogen and oxygen atoms in total. The van der Waals surface area contributed by atoms with Crippen molar-refractivity contribution in [3.05, 3.63) is 10.1 Å². The van der Waals surface area contributed by atoms with Crippen molar-refractivity contribution in [1.29, 1.82) is 0 Å². The highest BCUT2D eigenvalue weighted by Crippen LogP contribution is 1.38. The lowest BCUT2D eigenvalue weighted by atomic mass is 14.0. The van der Waals surface area contributed by atoms with Gasteiger partial charge in [0.15, 0.2) is 0 Å². The first kappa shape index (κ1) is 3.20. The molecule has 4 heavy (non-hydrogen) atoms. The fourth-order valence-electron chi connectivity index (χ4n) is 0. The SMILES string of the molecule is O=[15N+](O)[18O-]. The number of rotatable bonds is 0. The van der Waals surface area contributed by atoms with Crippen molar-refractivity contribution in [1.82, 2.24) is 0 Å². The third-order valence-corrected chi connectivity index (χ3v) is 0. The van der Waals surface area contributed by atoms with Gasteiger partial charge >= 0.3 is 0 Å². The minimum absolute atomic E-state index is 1.50. The van der Waals surface area contributed by atoms with E-state index in [9.17, 15) is 0 Å². The van der Waals surface area contributed by atoms with Crippen molar-refractivity contribution in [3.63, 3.8) is 0 Å². The molecule has 0 rings (SSSR count). The molecule has 0 saturated carbocycles. The molecular formula is HNO3. The zero-order chi connectivity index (χ0) is 3.58. The molecule has 0 unspecified atom stereocenters. The van der Waals surface area contributed by atoms with Crippen molar-refractivity contribution in [2.24, 2.45) is 0 Å². The molecule has 0 aliphatic heterocycles. The van der Waals surface area contributed by atoms with Crippen molar-refractivity contribution in [3.8, 4) is 0 Å². The van der Waals surface area contributed by atoms with E-state index in [0.717, 1.165) is 0 Å². The monoisotopic (exact) mass is 66.0 g/mol. The van der Waals surface area contributed by atoms with Crippen LogP contribution in [0.25, 0.3) is 0 Å². The molecule has 0 aliphatic rings. The lowest BCUT2D eigenvalue weighted by Gasteiger charge is -1.56. The molecule has 0 atom stereocenters. The number of hydrogen-bond acceptors (Lipinski definition) is 2. The smallest absolute Gasteiger partial charge is 0.291 e. The van der Waals surface area contributed by atoms with Crippen LogP contribution in [0.4, 0.5) is 0 Å². The molecule has 0 aromatic rings. The normalized spacial score (nSPS) is 6.00. The van der Waals surface area contributed by atoms with Gasteiger partial charge in [0.2, 0.25) is 0 Å². The van der Waals surface area contributed by atoms with Crippen LogP contribution in [0.3, 0.4) is 0 Å². The van der Waals surface area contributed by atoms with Crippen LogP contribution in [-0.2, 0) is 0 Å². The molecule has 0 radical (unpaired) electrons. The summed E-state index contributed by atoms with van der Waals surface area (Å²) in [6, 6.07) is 0. The van der Waals surface area contributed by atoms with Crippen LogP contribution in [0.5, 0.6) is 0 Å². The Morgan fingerprint density at radius 3 is 2.00 bits per heavy atom. The Labute approximate surface area is 21.8 Å². The summed E-state index contributed by atoms with van der Waals surface area (Å²) in [4.78, 5) is 8.36. The molecule has 0 heterocycles. The fraction of sp³-hybridized carbons (Fsp3) is 0. The van der Waals surface area contributed by atoms with E-state index in [1.54, 1.807) is 0 Å². The van der Waals surface area contributed by atoms with Crippen molar-refractivity contribution in [2.75, 3.05) is 0 Å². The summed E-state index contributed by atoms with van der Waals surface area (Å²) < 4.78 is 0. The Morgan fingerprint density at radius 2 is 2.00 bits per heavy atom. The molecule has 0 spiro atoms. The first-order valence-electron chi connectivity index (χ1n) is 0.565. The summed E-state index contributed by atoms with van der Waals surface area (Å²) in [5.74, 6) is 0. The standard InChI is InChI=1S/HNO3/c2-1(3)4/h(H,2,3,4)/i1+1,2+2. The van der Waals surface area contributed by atoms with Gasteiger partial charge < -0.3 is 5.21 Å². The molecular weight excluding hydrogens is 65.0 g/mol. The van der Waals surface area contributed by atoms with E-state index in [4.69, 9.17) is 15.3 Å². The Morgan fingerprint density at radius 1 is 2.00 bits per heavy atom. The third kappa shape index (κ3) is 0.0750. The zero-order valence-electron chi connectivity index (χ0n) is 1.71. The first-order chi connectivity index (χ1) is 1.73. The predicted molar refractivity (Wildman–Crippen MR) is 8.78 cm³/mol. The van der Waals surface area contributed by atoms with Gasteiger partial charge in [0, 0.05) is 0 Å². The highest BCUT2D eigenvalue weighted by molar-refractivity contribution is 3.83. The average Bonchev–Trinajstić information content (AvgIpc) is 0.811. The maximum Gasteiger partial charge on any atom is 0.291 e. The van der Waals surface area contributed by atoms with E-state index in [0.29, 0.717) is 0 Å². The number of nitrogens with zero attached hydrogens (tertiary/aromatic N) is 1. The Balaban J connectivity index is 2.80. The van der Waals surface area contributed by atoms with E-state index in [-0.39, 0.29) is 0 Å². The van der Waals surface area contributed by atoms with Crippen molar-refractivity contribution in [2.45, 2.75) is 0 Å². The average molecular weight is 66.0 g/mol. The molecule has 24 valence electrons. The van der Waals surface area contributed by atoms with Crippen LogP contribution in [-0.4, -0.2) is 10.3 Å². The Bertz CT molecular complexity index is 26.3. The molecule has 1 N–H and O–H groups in total. The van der Waals surface area contributed by atoms with Gasteiger partial charge in [0.05, 0.1) is 0 Å². The molecule has 0 aromatic heterocycles. The molecule has 4 heteroatoms. The third-order valence-electron chi connectivity index (χ3n) is 0.